The minimum Gasteiger partial charge on any atom is -0.488 e. The van der Waals surface area contributed by atoms with Gasteiger partial charge < -0.3 is 19.9 Å². The van der Waals surface area contributed by atoms with Gasteiger partial charge in [-0.15, -0.1) is 0 Å². The molecule has 3 saturated heterocycles. The number of hydrogen-bond acceptors (Lipinski definition) is 4. The van der Waals surface area contributed by atoms with E-state index in [1.165, 1.54) is 12.8 Å². The number of carbonyl (C=O) groups is 1. The van der Waals surface area contributed by atoms with Crippen molar-refractivity contribution in [1.29, 1.82) is 0 Å². The van der Waals surface area contributed by atoms with Crippen molar-refractivity contribution < 1.29 is 9.53 Å². The minimum absolute atomic E-state index is 0.0781. The van der Waals surface area contributed by atoms with Crippen LogP contribution in [0.3, 0.4) is 0 Å². The van der Waals surface area contributed by atoms with Gasteiger partial charge in [-0.3, -0.25) is 4.79 Å². The Kier molecular flexibility index (Phi) is 4.12. The van der Waals surface area contributed by atoms with Gasteiger partial charge in [-0.1, -0.05) is 11.6 Å². The van der Waals surface area contributed by atoms with Gasteiger partial charge in [-0.2, -0.15) is 0 Å². The molecular weight excluding hydrogens is 338 g/mol. The zero-order valence-electron chi connectivity index (χ0n) is 15.1. The van der Waals surface area contributed by atoms with E-state index in [4.69, 9.17) is 16.3 Å². The number of nitrogens with one attached hydrogen (secondary N) is 1. The smallest absolute Gasteiger partial charge is 0.255 e. The molecule has 5 rings (SSSR count). The maximum atomic E-state index is 13.0. The third-order valence-corrected chi connectivity index (χ3v) is 6.31. The number of ether oxygens (including phenoxy) is 1. The van der Waals surface area contributed by atoms with Crippen LogP contribution in [0.15, 0.2) is 12.1 Å². The largest absolute Gasteiger partial charge is 0.488 e. The van der Waals surface area contributed by atoms with Gasteiger partial charge in [0.25, 0.3) is 5.91 Å². The fourth-order valence-electron chi connectivity index (χ4n) is 4.20. The summed E-state index contributed by atoms with van der Waals surface area (Å²) in [5.74, 6) is 1.15. The molecule has 2 bridgehead atoms. The van der Waals surface area contributed by atoms with Crippen molar-refractivity contribution in [3.8, 4) is 5.75 Å². The molecule has 1 N–H and O–H groups in total. The van der Waals surface area contributed by atoms with Crippen LogP contribution in [-0.4, -0.2) is 55.7 Å². The zero-order valence-corrected chi connectivity index (χ0v) is 15.9. The molecule has 1 aromatic carbocycles. The summed E-state index contributed by atoms with van der Waals surface area (Å²) in [7, 11) is 2.02. The number of piperidine rings is 3. The SMILES string of the molecule is CN1c2cc(Cl)cc(C(=O)NC3CN4CCC3CC4)c2OCC1(C)C. The van der Waals surface area contributed by atoms with Gasteiger partial charge in [0.05, 0.1) is 16.8 Å². The van der Waals surface area contributed by atoms with Crippen LogP contribution < -0.4 is 15.0 Å². The first-order chi connectivity index (χ1) is 11.8. The molecule has 4 aliphatic rings. The number of halogens is 1. The van der Waals surface area contributed by atoms with E-state index in [0.29, 0.717) is 28.9 Å². The predicted octanol–water partition coefficient (Wildman–Crippen LogP) is 2.77. The molecule has 0 spiro atoms. The Morgan fingerprint density at radius 2 is 2.04 bits per heavy atom. The topological polar surface area (TPSA) is 44.8 Å². The van der Waals surface area contributed by atoms with Crippen LogP contribution in [0, 0.1) is 5.92 Å². The molecule has 1 unspecified atom stereocenters. The molecule has 1 atom stereocenters. The summed E-state index contributed by atoms with van der Waals surface area (Å²) < 4.78 is 6.00. The van der Waals surface area contributed by atoms with Gasteiger partial charge in [0.15, 0.2) is 5.75 Å². The highest BCUT2D eigenvalue weighted by Gasteiger charge is 2.37. The van der Waals surface area contributed by atoms with Gasteiger partial charge in [0.1, 0.15) is 6.61 Å². The van der Waals surface area contributed by atoms with E-state index in [1.807, 2.05) is 13.1 Å². The van der Waals surface area contributed by atoms with Crippen molar-refractivity contribution in [2.75, 3.05) is 38.2 Å². The molecule has 4 aliphatic heterocycles. The van der Waals surface area contributed by atoms with Gasteiger partial charge in [-0.25, -0.2) is 0 Å². The number of rotatable bonds is 2. The molecule has 0 aliphatic carbocycles. The monoisotopic (exact) mass is 363 g/mol. The minimum atomic E-state index is -0.138. The summed E-state index contributed by atoms with van der Waals surface area (Å²) in [5, 5.41) is 3.80. The molecule has 1 aromatic rings. The predicted molar refractivity (Wildman–Crippen MR) is 99.8 cm³/mol. The summed E-state index contributed by atoms with van der Waals surface area (Å²) in [5.41, 5.74) is 1.28. The highest BCUT2D eigenvalue weighted by atomic mass is 35.5. The molecule has 5 nitrogen and oxygen atoms in total. The second-order valence-corrected chi connectivity index (χ2v) is 8.62. The van der Waals surface area contributed by atoms with E-state index in [2.05, 4.69) is 29.0 Å². The first-order valence-corrected chi connectivity index (χ1v) is 9.46. The Hall–Kier alpha value is -1.46. The molecule has 25 heavy (non-hydrogen) atoms. The van der Waals surface area contributed by atoms with Crippen LogP contribution in [0.2, 0.25) is 5.02 Å². The van der Waals surface area contributed by atoms with Crippen LogP contribution in [0.1, 0.15) is 37.0 Å². The first-order valence-electron chi connectivity index (χ1n) is 9.08. The normalized spacial score (nSPS) is 29.8. The Bertz CT molecular complexity index is 698. The van der Waals surface area contributed by atoms with Crippen molar-refractivity contribution >= 4 is 23.2 Å². The standard InChI is InChI=1S/C19H26ClN3O2/c1-19(2)11-25-17-14(8-13(20)9-16(17)22(19)3)18(24)21-15-10-23-6-4-12(15)5-7-23/h8-9,12,15H,4-7,10-11H2,1-3H3,(H,21,24). The molecular formula is C19H26ClN3O2. The highest BCUT2D eigenvalue weighted by Crippen LogP contribution is 2.41. The van der Waals surface area contributed by atoms with E-state index >= 15 is 0 Å². The number of benzene rings is 1. The summed E-state index contributed by atoms with van der Waals surface area (Å²) in [6.45, 7) is 8.04. The number of amides is 1. The Morgan fingerprint density at radius 3 is 2.68 bits per heavy atom. The van der Waals surface area contributed by atoms with Crippen LogP contribution in [0.25, 0.3) is 0 Å². The summed E-state index contributed by atoms with van der Waals surface area (Å²) in [6, 6.07) is 3.83. The van der Waals surface area contributed by atoms with Crippen molar-refractivity contribution in [2.24, 2.45) is 5.92 Å². The molecule has 136 valence electrons. The van der Waals surface area contributed by atoms with Crippen molar-refractivity contribution in [1.82, 2.24) is 10.2 Å². The second kappa shape index (κ2) is 6.06. The number of carbonyl (C=O) groups excluding carboxylic acids is 1. The van der Waals surface area contributed by atoms with E-state index < -0.39 is 0 Å². The summed E-state index contributed by atoms with van der Waals surface area (Å²) in [6.07, 6.45) is 2.35. The third kappa shape index (κ3) is 2.97. The fourth-order valence-corrected chi connectivity index (χ4v) is 4.41. The lowest BCUT2D eigenvalue weighted by Gasteiger charge is -2.45. The van der Waals surface area contributed by atoms with Crippen molar-refractivity contribution in [3.05, 3.63) is 22.7 Å². The average molecular weight is 364 g/mol. The van der Waals surface area contributed by atoms with Crippen molar-refractivity contribution in [2.45, 2.75) is 38.3 Å². The Balaban J connectivity index is 1.61. The average Bonchev–Trinajstić information content (AvgIpc) is 2.59. The highest BCUT2D eigenvalue weighted by molar-refractivity contribution is 6.31. The maximum Gasteiger partial charge on any atom is 0.255 e. The zero-order chi connectivity index (χ0) is 17.8. The number of likely N-dealkylation sites (N-methyl/N-ethyl adjacent to an activating group) is 1. The van der Waals surface area contributed by atoms with Gasteiger partial charge in [0.2, 0.25) is 0 Å². The van der Waals surface area contributed by atoms with E-state index in [-0.39, 0.29) is 17.5 Å². The number of fused-ring (bicyclic) bond motifs is 4. The molecule has 1 amide bonds. The van der Waals surface area contributed by atoms with E-state index in [9.17, 15) is 4.79 Å². The van der Waals surface area contributed by atoms with Crippen LogP contribution in [0.5, 0.6) is 5.75 Å². The second-order valence-electron chi connectivity index (χ2n) is 8.18. The molecule has 0 aromatic heterocycles. The lowest BCUT2D eigenvalue weighted by molar-refractivity contribution is 0.0617. The molecule has 0 saturated carbocycles. The quantitative estimate of drug-likeness (QED) is 0.877. The Labute approximate surface area is 154 Å². The van der Waals surface area contributed by atoms with Gasteiger partial charge in [0, 0.05) is 24.7 Å². The van der Waals surface area contributed by atoms with Crippen LogP contribution in [0.4, 0.5) is 5.69 Å². The Morgan fingerprint density at radius 1 is 1.32 bits per heavy atom. The lowest BCUT2D eigenvalue weighted by Crippen LogP contribution is -2.57. The third-order valence-electron chi connectivity index (χ3n) is 6.09. The lowest BCUT2D eigenvalue weighted by atomic mass is 9.84. The first kappa shape index (κ1) is 17.0. The number of hydrogen-bond donors (Lipinski definition) is 1. The number of anilines is 1. The number of nitrogens with zero attached hydrogens (tertiary/aromatic N) is 2. The van der Waals surface area contributed by atoms with Crippen molar-refractivity contribution in [3.63, 3.8) is 0 Å². The molecule has 3 fully saturated rings. The maximum absolute atomic E-state index is 13.0. The van der Waals surface area contributed by atoms with Crippen LogP contribution >= 0.6 is 11.6 Å². The summed E-state index contributed by atoms with van der Waals surface area (Å²) >= 11 is 6.32. The van der Waals surface area contributed by atoms with Crippen LogP contribution in [-0.2, 0) is 0 Å². The molecule has 0 radical (unpaired) electrons. The molecule has 4 heterocycles. The fraction of sp³-hybridized carbons (Fsp3) is 0.632. The van der Waals surface area contributed by atoms with Gasteiger partial charge in [-0.05, 0) is 57.8 Å². The van der Waals surface area contributed by atoms with E-state index in [0.717, 1.165) is 25.3 Å². The van der Waals surface area contributed by atoms with E-state index in [1.54, 1.807) is 6.07 Å². The summed E-state index contributed by atoms with van der Waals surface area (Å²) in [4.78, 5) is 17.6. The molecule has 6 heteroatoms. The van der Waals surface area contributed by atoms with Gasteiger partial charge >= 0.3 is 0 Å².